The molecule has 0 aliphatic carbocycles. The summed E-state index contributed by atoms with van der Waals surface area (Å²) in [6.07, 6.45) is 1.35. The molecular weight excluding hydrogens is 430 g/mol. The number of ether oxygens (including phenoxy) is 1. The second kappa shape index (κ2) is 8.93. The van der Waals surface area contributed by atoms with Gasteiger partial charge in [0.1, 0.15) is 5.75 Å². The predicted octanol–water partition coefficient (Wildman–Crippen LogP) is 4.11. The third-order valence-electron chi connectivity index (χ3n) is 5.27. The fourth-order valence-electron chi connectivity index (χ4n) is 3.69. The number of amides is 1. The summed E-state index contributed by atoms with van der Waals surface area (Å²) in [6, 6.07) is 17.9. The summed E-state index contributed by atoms with van der Waals surface area (Å²) in [6.45, 7) is 5.79. The standard InChI is InChI=1S/C23H24BrN3O2/c1-17(29-21-9-7-20(24)8-10-21)23(28)27-14-12-26(13-15-27)16-19-5-2-4-18-6-3-11-25-22(18)19/h2-11,17H,12-16H2,1H3. The first-order chi connectivity index (χ1) is 14.1. The maximum Gasteiger partial charge on any atom is 0.263 e. The van der Waals surface area contributed by atoms with E-state index >= 15 is 0 Å². The molecule has 3 aromatic rings. The van der Waals surface area contributed by atoms with Crippen LogP contribution in [-0.2, 0) is 11.3 Å². The molecule has 0 radical (unpaired) electrons. The van der Waals surface area contributed by atoms with Crippen molar-refractivity contribution in [1.82, 2.24) is 14.8 Å². The van der Waals surface area contributed by atoms with Crippen LogP contribution in [0.1, 0.15) is 12.5 Å². The highest BCUT2D eigenvalue weighted by atomic mass is 79.9. The fourth-order valence-corrected chi connectivity index (χ4v) is 3.95. The zero-order valence-electron chi connectivity index (χ0n) is 16.4. The van der Waals surface area contributed by atoms with Gasteiger partial charge in [0.25, 0.3) is 5.91 Å². The lowest BCUT2D eigenvalue weighted by atomic mass is 10.1. The van der Waals surface area contributed by atoms with E-state index in [1.54, 1.807) is 0 Å². The Kier molecular flexibility index (Phi) is 6.11. The molecule has 1 saturated heterocycles. The van der Waals surface area contributed by atoms with Gasteiger partial charge in [-0.05, 0) is 42.8 Å². The van der Waals surface area contributed by atoms with Crippen molar-refractivity contribution in [2.75, 3.05) is 26.2 Å². The number of piperazine rings is 1. The molecule has 1 aromatic heterocycles. The number of carbonyl (C=O) groups excluding carboxylic acids is 1. The maximum absolute atomic E-state index is 12.8. The van der Waals surface area contributed by atoms with Crippen LogP contribution >= 0.6 is 15.9 Å². The van der Waals surface area contributed by atoms with Crippen molar-refractivity contribution in [3.63, 3.8) is 0 Å². The third-order valence-corrected chi connectivity index (χ3v) is 5.80. The van der Waals surface area contributed by atoms with Crippen LogP contribution in [0, 0.1) is 0 Å². The summed E-state index contributed by atoms with van der Waals surface area (Å²) in [7, 11) is 0. The summed E-state index contributed by atoms with van der Waals surface area (Å²) >= 11 is 3.41. The van der Waals surface area contributed by atoms with Crippen LogP contribution in [0.25, 0.3) is 10.9 Å². The lowest BCUT2D eigenvalue weighted by Crippen LogP contribution is -2.51. The average Bonchev–Trinajstić information content (AvgIpc) is 2.75. The molecule has 29 heavy (non-hydrogen) atoms. The molecule has 150 valence electrons. The average molecular weight is 454 g/mol. The molecule has 1 atom stereocenters. The topological polar surface area (TPSA) is 45.7 Å². The molecule has 6 heteroatoms. The minimum Gasteiger partial charge on any atom is -0.481 e. The van der Waals surface area contributed by atoms with E-state index in [1.807, 2.05) is 48.4 Å². The largest absolute Gasteiger partial charge is 0.481 e. The molecule has 1 aliphatic heterocycles. The smallest absolute Gasteiger partial charge is 0.263 e. The summed E-state index contributed by atoms with van der Waals surface area (Å²) in [5, 5.41) is 1.16. The molecule has 1 amide bonds. The first kappa shape index (κ1) is 19.9. The van der Waals surface area contributed by atoms with Crippen molar-refractivity contribution < 1.29 is 9.53 Å². The van der Waals surface area contributed by atoms with E-state index in [-0.39, 0.29) is 5.91 Å². The Labute approximate surface area is 179 Å². The fraction of sp³-hybridized carbons (Fsp3) is 0.304. The summed E-state index contributed by atoms with van der Waals surface area (Å²) in [5.74, 6) is 0.746. The molecule has 0 saturated carbocycles. The highest BCUT2D eigenvalue weighted by Crippen LogP contribution is 2.20. The number of carbonyl (C=O) groups is 1. The van der Waals surface area contributed by atoms with Gasteiger partial charge in [-0.1, -0.05) is 40.2 Å². The van der Waals surface area contributed by atoms with Crippen molar-refractivity contribution >= 4 is 32.7 Å². The van der Waals surface area contributed by atoms with Crippen molar-refractivity contribution in [3.05, 3.63) is 70.8 Å². The monoisotopic (exact) mass is 453 g/mol. The number of benzene rings is 2. The molecule has 2 aromatic carbocycles. The van der Waals surface area contributed by atoms with E-state index < -0.39 is 6.10 Å². The van der Waals surface area contributed by atoms with E-state index in [0.717, 1.165) is 35.0 Å². The van der Waals surface area contributed by atoms with Crippen molar-refractivity contribution in [1.29, 1.82) is 0 Å². The summed E-state index contributed by atoms with van der Waals surface area (Å²) in [4.78, 5) is 21.6. The number of rotatable bonds is 5. The van der Waals surface area contributed by atoms with Gasteiger partial charge < -0.3 is 9.64 Å². The van der Waals surface area contributed by atoms with Crippen LogP contribution in [0.15, 0.2) is 65.3 Å². The van der Waals surface area contributed by atoms with Crippen LogP contribution in [0.3, 0.4) is 0 Å². The van der Waals surface area contributed by atoms with Gasteiger partial charge in [0.2, 0.25) is 0 Å². The lowest BCUT2D eigenvalue weighted by Gasteiger charge is -2.36. The number of hydrogen-bond acceptors (Lipinski definition) is 4. The van der Waals surface area contributed by atoms with Gasteiger partial charge in [0, 0.05) is 48.8 Å². The molecule has 0 bridgehead atoms. The number of fused-ring (bicyclic) bond motifs is 1. The maximum atomic E-state index is 12.8. The number of pyridine rings is 1. The molecular formula is C23H24BrN3O2. The SMILES string of the molecule is CC(Oc1ccc(Br)cc1)C(=O)N1CCN(Cc2cccc3cccnc23)CC1. The first-order valence-corrected chi connectivity index (χ1v) is 10.7. The molecule has 4 rings (SSSR count). The summed E-state index contributed by atoms with van der Waals surface area (Å²) in [5.41, 5.74) is 2.29. The van der Waals surface area contributed by atoms with Crippen LogP contribution in [0.2, 0.25) is 0 Å². The minimum absolute atomic E-state index is 0.0411. The Balaban J connectivity index is 1.32. The Morgan fingerprint density at radius 3 is 2.55 bits per heavy atom. The van der Waals surface area contributed by atoms with E-state index in [1.165, 1.54) is 5.56 Å². The van der Waals surface area contributed by atoms with Crippen molar-refractivity contribution in [2.24, 2.45) is 0 Å². The molecule has 5 nitrogen and oxygen atoms in total. The van der Waals surface area contributed by atoms with E-state index in [2.05, 4.69) is 50.1 Å². The predicted molar refractivity (Wildman–Crippen MR) is 118 cm³/mol. The lowest BCUT2D eigenvalue weighted by molar-refractivity contribution is -0.139. The Bertz CT molecular complexity index is 980. The number of aromatic nitrogens is 1. The molecule has 0 spiro atoms. The molecule has 2 heterocycles. The molecule has 1 fully saturated rings. The molecule has 1 unspecified atom stereocenters. The molecule has 1 aliphatic rings. The van der Waals surface area contributed by atoms with E-state index in [9.17, 15) is 4.79 Å². The Hall–Kier alpha value is -2.44. The van der Waals surface area contributed by atoms with Crippen LogP contribution in [0.4, 0.5) is 0 Å². The third kappa shape index (κ3) is 4.77. The van der Waals surface area contributed by atoms with Gasteiger partial charge in [0.15, 0.2) is 6.10 Å². The quantitative estimate of drug-likeness (QED) is 0.582. The second-order valence-electron chi connectivity index (χ2n) is 7.31. The van der Waals surface area contributed by atoms with Gasteiger partial charge in [-0.3, -0.25) is 14.7 Å². The van der Waals surface area contributed by atoms with Crippen LogP contribution < -0.4 is 4.74 Å². The number of para-hydroxylation sites is 1. The highest BCUT2D eigenvalue weighted by Gasteiger charge is 2.26. The van der Waals surface area contributed by atoms with Gasteiger partial charge in [-0.15, -0.1) is 0 Å². The van der Waals surface area contributed by atoms with Gasteiger partial charge in [0.05, 0.1) is 5.52 Å². The highest BCUT2D eigenvalue weighted by molar-refractivity contribution is 9.10. The van der Waals surface area contributed by atoms with Crippen LogP contribution in [-0.4, -0.2) is 53.0 Å². The van der Waals surface area contributed by atoms with Crippen molar-refractivity contribution in [2.45, 2.75) is 19.6 Å². The zero-order valence-corrected chi connectivity index (χ0v) is 18.0. The summed E-state index contributed by atoms with van der Waals surface area (Å²) < 4.78 is 6.81. The van der Waals surface area contributed by atoms with Crippen molar-refractivity contribution in [3.8, 4) is 5.75 Å². The number of nitrogens with zero attached hydrogens (tertiary/aromatic N) is 3. The Morgan fingerprint density at radius 2 is 1.79 bits per heavy atom. The zero-order chi connectivity index (χ0) is 20.2. The van der Waals surface area contributed by atoms with Gasteiger partial charge >= 0.3 is 0 Å². The first-order valence-electron chi connectivity index (χ1n) is 9.86. The number of hydrogen-bond donors (Lipinski definition) is 0. The van der Waals surface area contributed by atoms with Gasteiger partial charge in [-0.25, -0.2) is 0 Å². The van der Waals surface area contributed by atoms with Crippen LogP contribution in [0.5, 0.6) is 5.75 Å². The van der Waals surface area contributed by atoms with Gasteiger partial charge in [-0.2, -0.15) is 0 Å². The number of halogens is 1. The minimum atomic E-state index is -0.495. The normalized spacial score (nSPS) is 16.0. The molecule has 0 N–H and O–H groups in total. The van der Waals surface area contributed by atoms with E-state index in [0.29, 0.717) is 18.8 Å². The second-order valence-corrected chi connectivity index (χ2v) is 8.22. The Morgan fingerprint density at radius 1 is 1.07 bits per heavy atom. The van der Waals surface area contributed by atoms with E-state index in [4.69, 9.17) is 4.74 Å².